The second-order valence-corrected chi connectivity index (χ2v) is 7.78. The largest absolute Gasteiger partial charge is 0.396 e. The van der Waals surface area contributed by atoms with Crippen LogP contribution in [0.5, 0.6) is 0 Å². The second-order valence-electron chi connectivity index (χ2n) is 7.78. The van der Waals surface area contributed by atoms with Crippen LogP contribution in [-0.4, -0.2) is 11.7 Å². The quantitative estimate of drug-likeness (QED) is 0.162. The first-order valence-corrected chi connectivity index (χ1v) is 11.7. The maximum atomic E-state index is 8.72. The summed E-state index contributed by atoms with van der Waals surface area (Å²) in [7, 11) is 0. The number of hydrogen-bond acceptors (Lipinski definition) is 1. The molecule has 0 unspecified atom stereocenters. The molecule has 0 aromatic carbocycles. The molecule has 150 valence electrons. The summed E-state index contributed by atoms with van der Waals surface area (Å²) in [6, 6.07) is 0. The number of hydrogen-bond donors (Lipinski definition) is 1. The van der Waals surface area contributed by atoms with Gasteiger partial charge in [-0.15, -0.1) is 0 Å². The van der Waals surface area contributed by atoms with E-state index < -0.39 is 0 Å². The molecule has 0 saturated carbocycles. The highest BCUT2D eigenvalue weighted by Gasteiger charge is 1.93. The van der Waals surface area contributed by atoms with E-state index in [-0.39, 0.29) is 0 Å². The van der Waals surface area contributed by atoms with Gasteiger partial charge in [0.25, 0.3) is 0 Å². The molecule has 0 aliphatic rings. The van der Waals surface area contributed by atoms with Crippen LogP contribution in [0.3, 0.4) is 0 Å². The molecule has 0 rings (SSSR count). The van der Waals surface area contributed by atoms with Crippen LogP contribution in [0.4, 0.5) is 0 Å². The lowest BCUT2D eigenvalue weighted by atomic mass is 10.0. The summed E-state index contributed by atoms with van der Waals surface area (Å²) < 4.78 is 0. The fraction of sp³-hybridized carbons (Fsp3) is 0.917. The molecule has 0 aromatic heterocycles. The van der Waals surface area contributed by atoms with Crippen LogP contribution in [0.25, 0.3) is 0 Å². The smallest absolute Gasteiger partial charge is 0.0431 e. The van der Waals surface area contributed by atoms with Crippen molar-refractivity contribution in [2.75, 3.05) is 6.61 Å². The van der Waals surface area contributed by atoms with Gasteiger partial charge in [0.1, 0.15) is 0 Å². The van der Waals surface area contributed by atoms with Crippen molar-refractivity contribution in [1.29, 1.82) is 0 Å². The molecule has 0 spiro atoms. The van der Waals surface area contributed by atoms with E-state index in [1.807, 2.05) is 0 Å². The highest BCUT2D eigenvalue weighted by molar-refractivity contribution is 4.81. The van der Waals surface area contributed by atoms with Gasteiger partial charge in [0, 0.05) is 6.61 Å². The molecule has 0 aromatic rings. The van der Waals surface area contributed by atoms with Crippen LogP contribution in [0, 0.1) is 0 Å². The fourth-order valence-electron chi connectivity index (χ4n) is 3.42. The Morgan fingerprint density at radius 1 is 0.440 bits per heavy atom. The highest BCUT2D eigenvalue weighted by Crippen LogP contribution is 2.13. The summed E-state index contributed by atoms with van der Waals surface area (Å²) in [5, 5.41) is 8.72. The van der Waals surface area contributed by atoms with Gasteiger partial charge < -0.3 is 5.11 Å². The van der Waals surface area contributed by atoms with E-state index >= 15 is 0 Å². The molecule has 0 aliphatic heterocycles. The number of aliphatic hydroxyl groups is 1. The van der Waals surface area contributed by atoms with E-state index in [0.29, 0.717) is 6.61 Å². The Bertz CT molecular complexity index is 246. The van der Waals surface area contributed by atoms with Crippen LogP contribution in [0.1, 0.15) is 135 Å². The maximum Gasteiger partial charge on any atom is 0.0431 e. The van der Waals surface area contributed by atoms with E-state index in [4.69, 9.17) is 5.11 Å². The highest BCUT2D eigenvalue weighted by atomic mass is 16.2. The predicted molar refractivity (Wildman–Crippen MR) is 114 cm³/mol. The average molecular weight is 353 g/mol. The van der Waals surface area contributed by atoms with Gasteiger partial charge in [-0.3, -0.25) is 0 Å². The van der Waals surface area contributed by atoms with Gasteiger partial charge >= 0.3 is 0 Å². The van der Waals surface area contributed by atoms with Crippen molar-refractivity contribution in [3.63, 3.8) is 0 Å². The zero-order valence-corrected chi connectivity index (χ0v) is 17.5. The van der Waals surface area contributed by atoms with Crippen molar-refractivity contribution < 1.29 is 5.11 Å². The Labute approximate surface area is 159 Å². The monoisotopic (exact) mass is 352 g/mol. The summed E-state index contributed by atoms with van der Waals surface area (Å²) in [6.07, 6.45) is 32.1. The first kappa shape index (κ1) is 24.7. The number of unbranched alkanes of at least 4 members (excludes halogenated alkanes) is 18. The van der Waals surface area contributed by atoms with Gasteiger partial charge in [0.15, 0.2) is 0 Å². The molecule has 0 radical (unpaired) electrons. The Kier molecular flexibility index (Phi) is 23.4. The molecule has 0 saturated heterocycles. The van der Waals surface area contributed by atoms with Crippen molar-refractivity contribution in [3.8, 4) is 0 Å². The molecule has 1 N–H and O–H groups in total. The molecular formula is C24H48O. The van der Waals surface area contributed by atoms with Crippen molar-refractivity contribution in [1.82, 2.24) is 0 Å². The van der Waals surface area contributed by atoms with Crippen LogP contribution in [0.2, 0.25) is 0 Å². The summed E-state index contributed by atoms with van der Waals surface area (Å²) in [6.45, 7) is 2.65. The third-order valence-corrected chi connectivity index (χ3v) is 5.17. The zero-order chi connectivity index (χ0) is 18.3. The Balaban J connectivity index is 3.03. The molecule has 0 fully saturated rings. The van der Waals surface area contributed by atoms with Gasteiger partial charge in [-0.2, -0.15) is 0 Å². The van der Waals surface area contributed by atoms with E-state index in [1.165, 1.54) is 122 Å². The second kappa shape index (κ2) is 23.7. The summed E-state index contributed by atoms with van der Waals surface area (Å²) >= 11 is 0. The SMILES string of the molecule is CCCCCCCCCCCCCCC=CCCCCCCCCO. The maximum absolute atomic E-state index is 8.72. The van der Waals surface area contributed by atoms with E-state index in [1.54, 1.807) is 0 Å². The van der Waals surface area contributed by atoms with Gasteiger partial charge in [-0.1, -0.05) is 115 Å². The first-order valence-electron chi connectivity index (χ1n) is 11.7. The summed E-state index contributed by atoms with van der Waals surface area (Å²) in [4.78, 5) is 0. The standard InChI is InChI=1S/C24H48O/c1-2-3-4-5-6-7-8-9-10-11-12-13-14-15-16-17-18-19-20-21-22-23-24-25/h15-16,25H,2-14,17-24H2,1H3. The molecule has 0 aliphatic carbocycles. The topological polar surface area (TPSA) is 20.2 Å². The number of aliphatic hydroxyl groups excluding tert-OH is 1. The van der Waals surface area contributed by atoms with Crippen molar-refractivity contribution in [2.45, 2.75) is 135 Å². The van der Waals surface area contributed by atoms with E-state index in [0.717, 1.165) is 6.42 Å². The molecule has 0 bridgehead atoms. The Morgan fingerprint density at radius 2 is 0.760 bits per heavy atom. The normalized spacial score (nSPS) is 11.6. The zero-order valence-electron chi connectivity index (χ0n) is 17.5. The van der Waals surface area contributed by atoms with Gasteiger partial charge in [-0.05, 0) is 32.1 Å². The van der Waals surface area contributed by atoms with E-state index in [2.05, 4.69) is 19.1 Å². The molecule has 0 amide bonds. The minimum absolute atomic E-state index is 0.363. The average Bonchev–Trinajstić information content (AvgIpc) is 2.63. The lowest BCUT2D eigenvalue weighted by Crippen LogP contribution is -1.83. The van der Waals surface area contributed by atoms with Crippen LogP contribution >= 0.6 is 0 Å². The first-order chi connectivity index (χ1) is 12.4. The van der Waals surface area contributed by atoms with Crippen molar-refractivity contribution in [3.05, 3.63) is 12.2 Å². The molecule has 1 heteroatoms. The van der Waals surface area contributed by atoms with Gasteiger partial charge in [-0.25, -0.2) is 0 Å². The lowest BCUT2D eigenvalue weighted by Gasteiger charge is -2.02. The van der Waals surface area contributed by atoms with Gasteiger partial charge in [0.05, 0.1) is 0 Å². The molecule has 0 heterocycles. The summed E-state index contributed by atoms with van der Waals surface area (Å²) in [5.74, 6) is 0. The fourth-order valence-corrected chi connectivity index (χ4v) is 3.42. The van der Waals surface area contributed by atoms with Crippen molar-refractivity contribution in [2.24, 2.45) is 0 Å². The molecule has 0 atom stereocenters. The van der Waals surface area contributed by atoms with Crippen LogP contribution in [0.15, 0.2) is 12.2 Å². The predicted octanol–water partition coefficient (Wildman–Crippen LogP) is 8.36. The van der Waals surface area contributed by atoms with Crippen LogP contribution < -0.4 is 0 Å². The lowest BCUT2D eigenvalue weighted by molar-refractivity contribution is 0.282. The van der Waals surface area contributed by atoms with Crippen molar-refractivity contribution >= 4 is 0 Å². The number of rotatable bonds is 21. The Hall–Kier alpha value is -0.300. The molecule has 25 heavy (non-hydrogen) atoms. The van der Waals surface area contributed by atoms with Gasteiger partial charge in [0.2, 0.25) is 0 Å². The molecular weight excluding hydrogens is 304 g/mol. The minimum Gasteiger partial charge on any atom is -0.396 e. The Morgan fingerprint density at radius 3 is 1.12 bits per heavy atom. The number of allylic oxidation sites excluding steroid dienone is 2. The van der Waals surface area contributed by atoms with E-state index in [9.17, 15) is 0 Å². The minimum atomic E-state index is 0.363. The third-order valence-electron chi connectivity index (χ3n) is 5.17. The van der Waals surface area contributed by atoms with Crippen LogP contribution in [-0.2, 0) is 0 Å². The molecule has 1 nitrogen and oxygen atoms in total. The third kappa shape index (κ3) is 23.7. The summed E-state index contributed by atoms with van der Waals surface area (Å²) in [5.41, 5.74) is 0.